The molecule has 1 heterocycles. The lowest BCUT2D eigenvalue weighted by atomic mass is 10.2. The second-order valence-corrected chi connectivity index (χ2v) is 7.68. The topological polar surface area (TPSA) is 120 Å². The number of carbonyl (C=O) groups is 4. The van der Waals surface area contributed by atoms with Crippen LogP contribution in [0.5, 0.6) is 5.75 Å². The minimum atomic E-state index is -1.02. The second-order valence-electron chi connectivity index (χ2n) is 7.68. The van der Waals surface area contributed by atoms with Crippen LogP contribution in [-0.2, 0) is 30.5 Å². The number of alkyl carbamates (subject to hydrolysis) is 1. The van der Waals surface area contributed by atoms with Gasteiger partial charge in [-0.1, -0.05) is 18.7 Å². The van der Waals surface area contributed by atoms with Gasteiger partial charge in [0.15, 0.2) is 0 Å². The summed E-state index contributed by atoms with van der Waals surface area (Å²) in [5.74, 6) is -0.582. The first kappa shape index (κ1) is 23.7. The Morgan fingerprint density at radius 3 is 2.39 bits per heavy atom. The summed E-state index contributed by atoms with van der Waals surface area (Å²) in [7, 11) is 0. The van der Waals surface area contributed by atoms with Crippen LogP contribution in [0, 0.1) is 0 Å². The minimum absolute atomic E-state index is 0.0313. The Morgan fingerprint density at radius 1 is 1.13 bits per heavy atom. The molecular formula is C21H26N2O8. The Balaban J connectivity index is 1.69. The van der Waals surface area contributed by atoms with E-state index in [1.165, 1.54) is 12.1 Å². The van der Waals surface area contributed by atoms with Crippen LogP contribution in [0.1, 0.15) is 45.6 Å². The number of hydrogen-bond donors (Lipinski definition) is 1. The Morgan fingerprint density at radius 2 is 1.81 bits per heavy atom. The highest BCUT2D eigenvalue weighted by atomic mass is 16.8. The van der Waals surface area contributed by atoms with Gasteiger partial charge in [0.25, 0.3) is 5.91 Å². The van der Waals surface area contributed by atoms with Gasteiger partial charge >= 0.3 is 18.2 Å². The molecule has 1 saturated heterocycles. The Labute approximate surface area is 180 Å². The number of hydrogen-bond acceptors (Lipinski definition) is 8. The van der Waals surface area contributed by atoms with Crippen LogP contribution in [0.25, 0.3) is 0 Å². The molecule has 2 rings (SSSR count). The number of nitrogens with one attached hydrogen (secondary N) is 1. The molecule has 0 aromatic heterocycles. The average Bonchev–Trinajstić information content (AvgIpc) is 2.98. The molecule has 2 amide bonds. The summed E-state index contributed by atoms with van der Waals surface area (Å²) in [6.07, 6.45) is -0.991. The lowest BCUT2D eigenvalue weighted by Gasteiger charge is -2.19. The zero-order chi connectivity index (χ0) is 23.0. The summed E-state index contributed by atoms with van der Waals surface area (Å²) in [4.78, 5) is 51.5. The lowest BCUT2D eigenvalue weighted by molar-refractivity contribution is -0.158. The molecule has 1 N–H and O–H groups in total. The molecule has 0 atom stereocenters. The summed E-state index contributed by atoms with van der Waals surface area (Å²) >= 11 is 0. The Kier molecular flexibility index (Phi) is 8.00. The van der Waals surface area contributed by atoms with E-state index in [9.17, 15) is 19.2 Å². The Bertz CT molecular complexity index is 826. The first-order chi connectivity index (χ1) is 14.5. The van der Waals surface area contributed by atoms with Crippen molar-refractivity contribution in [3.05, 3.63) is 42.1 Å². The molecule has 0 saturated carbocycles. The molecule has 31 heavy (non-hydrogen) atoms. The van der Waals surface area contributed by atoms with Gasteiger partial charge in [-0.25, -0.2) is 9.59 Å². The summed E-state index contributed by atoms with van der Waals surface area (Å²) in [6, 6.07) is 6.29. The van der Waals surface area contributed by atoms with E-state index in [0.717, 1.165) is 5.06 Å². The van der Waals surface area contributed by atoms with Crippen molar-refractivity contribution in [2.75, 3.05) is 6.54 Å². The van der Waals surface area contributed by atoms with Gasteiger partial charge in [0.2, 0.25) is 0 Å². The standard InChI is InChI=1S/C21H26N2O8/c1-14-5-10-17(24)23(14)31-20(27)28-13-15-6-8-16(9-7-15)29-18(25)11-12-22-19(26)30-21(2,3)4/h6-9H,1,5,10-13H2,2-4H3,(H,22,26). The van der Waals surface area contributed by atoms with Gasteiger partial charge in [0, 0.05) is 13.0 Å². The number of rotatable bonds is 7. The van der Waals surface area contributed by atoms with Crippen LogP contribution < -0.4 is 10.1 Å². The van der Waals surface area contributed by atoms with E-state index in [0.29, 0.717) is 23.4 Å². The van der Waals surface area contributed by atoms with E-state index in [4.69, 9.17) is 19.0 Å². The molecule has 10 heteroatoms. The van der Waals surface area contributed by atoms with E-state index in [1.54, 1.807) is 32.9 Å². The molecular weight excluding hydrogens is 408 g/mol. The van der Waals surface area contributed by atoms with Crippen molar-refractivity contribution in [1.82, 2.24) is 10.4 Å². The number of nitrogens with zero attached hydrogens (tertiary/aromatic N) is 1. The molecule has 0 bridgehead atoms. The largest absolute Gasteiger partial charge is 0.534 e. The highest BCUT2D eigenvalue weighted by Gasteiger charge is 2.28. The molecule has 1 aliphatic heterocycles. The molecule has 10 nitrogen and oxygen atoms in total. The number of ether oxygens (including phenoxy) is 3. The third-order valence-corrected chi connectivity index (χ3v) is 3.82. The number of amides is 2. The quantitative estimate of drug-likeness (QED) is 0.513. The third-order valence-electron chi connectivity index (χ3n) is 3.82. The fourth-order valence-corrected chi connectivity index (χ4v) is 2.41. The third kappa shape index (κ3) is 8.37. The van der Waals surface area contributed by atoms with Crippen molar-refractivity contribution < 1.29 is 38.2 Å². The van der Waals surface area contributed by atoms with Crippen molar-refractivity contribution in [3.63, 3.8) is 0 Å². The summed E-state index contributed by atoms with van der Waals surface area (Å²) in [5, 5.41) is 3.31. The maximum absolute atomic E-state index is 11.9. The normalized spacial score (nSPS) is 13.6. The van der Waals surface area contributed by atoms with Crippen LogP contribution in [-0.4, -0.2) is 41.3 Å². The molecule has 1 fully saturated rings. The molecule has 1 aromatic carbocycles. The zero-order valence-electron chi connectivity index (χ0n) is 17.8. The average molecular weight is 434 g/mol. The number of esters is 1. The van der Waals surface area contributed by atoms with Crippen LogP contribution in [0.3, 0.4) is 0 Å². The highest BCUT2D eigenvalue weighted by Crippen LogP contribution is 2.21. The van der Waals surface area contributed by atoms with Gasteiger partial charge in [0.1, 0.15) is 18.0 Å². The summed E-state index contributed by atoms with van der Waals surface area (Å²) in [6.45, 7) is 8.84. The first-order valence-corrected chi connectivity index (χ1v) is 9.65. The van der Waals surface area contributed by atoms with Gasteiger partial charge in [-0.2, -0.15) is 0 Å². The van der Waals surface area contributed by atoms with Crippen molar-refractivity contribution in [1.29, 1.82) is 0 Å². The van der Waals surface area contributed by atoms with Gasteiger partial charge in [-0.3, -0.25) is 14.4 Å². The molecule has 0 radical (unpaired) electrons. The number of hydroxylamine groups is 2. The van der Waals surface area contributed by atoms with E-state index in [2.05, 4.69) is 11.9 Å². The van der Waals surface area contributed by atoms with Crippen LogP contribution in [0.4, 0.5) is 9.59 Å². The fraction of sp³-hybridized carbons (Fsp3) is 0.429. The summed E-state index contributed by atoms with van der Waals surface area (Å²) in [5.41, 5.74) is 0.400. The predicted octanol–water partition coefficient (Wildman–Crippen LogP) is 3.21. The van der Waals surface area contributed by atoms with Crippen molar-refractivity contribution in [2.45, 2.75) is 52.2 Å². The van der Waals surface area contributed by atoms with E-state index in [1.807, 2.05) is 0 Å². The first-order valence-electron chi connectivity index (χ1n) is 9.65. The van der Waals surface area contributed by atoms with Gasteiger partial charge in [0.05, 0.1) is 12.1 Å². The van der Waals surface area contributed by atoms with Crippen LogP contribution >= 0.6 is 0 Å². The molecule has 0 spiro atoms. The lowest BCUT2D eigenvalue weighted by Crippen LogP contribution is -2.34. The number of carbonyl (C=O) groups excluding carboxylic acids is 4. The molecule has 0 unspecified atom stereocenters. The second kappa shape index (κ2) is 10.5. The van der Waals surface area contributed by atoms with E-state index in [-0.39, 0.29) is 31.9 Å². The maximum Gasteiger partial charge on any atom is 0.534 e. The smallest absolute Gasteiger partial charge is 0.444 e. The van der Waals surface area contributed by atoms with Crippen LogP contribution in [0.15, 0.2) is 36.5 Å². The van der Waals surface area contributed by atoms with E-state index < -0.39 is 23.8 Å². The molecule has 1 aromatic rings. The molecule has 0 aliphatic carbocycles. The van der Waals surface area contributed by atoms with Gasteiger partial charge < -0.3 is 19.5 Å². The number of benzene rings is 1. The van der Waals surface area contributed by atoms with Crippen molar-refractivity contribution in [2.24, 2.45) is 0 Å². The van der Waals surface area contributed by atoms with E-state index >= 15 is 0 Å². The van der Waals surface area contributed by atoms with Crippen LogP contribution in [0.2, 0.25) is 0 Å². The predicted molar refractivity (Wildman–Crippen MR) is 107 cm³/mol. The monoisotopic (exact) mass is 434 g/mol. The fourth-order valence-electron chi connectivity index (χ4n) is 2.41. The van der Waals surface area contributed by atoms with Crippen molar-refractivity contribution >= 4 is 24.1 Å². The van der Waals surface area contributed by atoms with Gasteiger partial charge in [-0.15, -0.1) is 5.06 Å². The summed E-state index contributed by atoms with van der Waals surface area (Å²) < 4.78 is 15.2. The Hall–Kier alpha value is -3.56. The molecule has 168 valence electrons. The van der Waals surface area contributed by atoms with Crippen molar-refractivity contribution in [3.8, 4) is 5.75 Å². The highest BCUT2D eigenvalue weighted by molar-refractivity contribution is 5.81. The SMILES string of the molecule is C=C1CCC(=O)N1OC(=O)OCc1ccc(OC(=O)CCNC(=O)OC(C)(C)C)cc1. The number of allylic oxidation sites excluding steroid dienone is 1. The minimum Gasteiger partial charge on any atom is -0.444 e. The molecule has 1 aliphatic rings. The maximum atomic E-state index is 11.9. The zero-order valence-corrected chi connectivity index (χ0v) is 17.8. The van der Waals surface area contributed by atoms with Gasteiger partial charge in [-0.05, 0) is 44.9 Å².